The molecule has 34 heavy (non-hydrogen) atoms. The zero-order valence-electron chi connectivity index (χ0n) is 19.7. The molecule has 1 heterocycles. The quantitative estimate of drug-likeness (QED) is 0.340. The van der Waals surface area contributed by atoms with Crippen LogP contribution in [0.2, 0.25) is 0 Å². The summed E-state index contributed by atoms with van der Waals surface area (Å²) >= 11 is 3.52. The summed E-state index contributed by atoms with van der Waals surface area (Å²) in [7, 11) is 4.99. The highest BCUT2D eigenvalue weighted by Crippen LogP contribution is 2.33. The Labute approximate surface area is 209 Å². The molecule has 4 rings (SSSR count). The highest BCUT2D eigenvalue weighted by Gasteiger charge is 2.15. The van der Waals surface area contributed by atoms with Crippen LogP contribution in [0.4, 0.5) is 0 Å². The van der Waals surface area contributed by atoms with Gasteiger partial charge in [-0.2, -0.15) is 0 Å². The van der Waals surface area contributed by atoms with Gasteiger partial charge < -0.3 is 19.9 Å². The minimum absolute atomic E-state index is 0.0559. The van der Waals surface area contributed by atoms with E-state index in [1.165, 1.54) is 0 Å². The summed E-state index contributed by atoms with van der Waals surface area (Å²) in [6, 6.07) is 30.7. The highest BCUT2D eigenvalue weighted by atomic mass is 79.9. The van der Waals surface area contributed by atoms with Crippen molar-refractivity contribution >= 4 is 21.8 Å². The molecule has 2 N–H and O–H groups in total. The van der Waals surface area contributed by atoms with Gasteiger partial charge in [-0.1, -0.05) is 58.4 Å². The van der Waals surface area contributed by atoms with Gasteiger partial charge in [0.2, 0.25) is 0 Å². The number of carbonyl (C=O) groups is 1. The molecule has 0 aliphatic heterocycles. The predicted octanol–water partition coefficient (Wildman–Crippen LogP) is 5.47. The van der Waals surface area contributed by atoms with Crippen LogP contribution in [0, 0.1) is 0 Å². The maximum absolute atomic E-state index is 12.7. The van der Waals surface area contributed by atoms with Crippen molar-refractivity contribution in [2.45, 2.75) is 0 Å². The summed E-state index contributed by atoms with van der Waals surface area (Å²) in [6.07, 6.45) is 0. The summed E-state index contributed by atoms with van der Waals surface area (Å²) in [5.41, 5.74) is 5.99. The molecule has 0 spiro atoms. The smallest absolute Gasteiger partial charge is 0.251 e. The van der Waals surface area contributed by atoms with Crippen molar-refractivity contribution in [2.24, 2.45) is 0 Å². The Bertz CT molecular complexity index is 1200. The van der Waals surface area contributed by atoms with E-state index in [1.54, 1.807) is 0 Å². The summed E-state index contributed by atoms with van der Waals surface area (Å²) in [5.74, 6) is -0.0559. The molecule has 5 nitrogen and oxygen atoms in total. The largest absolute Gasteiger partial charge is 0.400 e. The molecule has 3 aromatic carbocycles. The van der Waals surface area contributed by atoms with E-state index >= 15 is 0 Å². The monoisotopic (exact) mass is 519 g/mol. The average molecular weight is 520 g/mol. The van der Waals surface area contributed by atoms with Crippen LogP contribution in [0.5, 0.6) is 0 Å². The molecule has 0 unspecified atom stereocenters. The molecule has 1 aromatic heterocycles. The number of hydrogen-bond donors (Lipinski definition) is 2. The molecule has 0 aliphatic rings. The number of halogens is 1. The zero-order chi connectivity index (χ0) is 24.5. The Morgan fingerprint density at radius 2 is 1.50 bits per heavy atom. The second-order valence-electron chi connectivity index (χ2n) is 7.92. The van der Waals surface area contributed by atoms with Gasteiger partial charge in [-0.15, -0.1) is 0 Å². The van der Waals surface area contributed by atoms with Crippen molar-refractivity contribution < 1.29 is 9.90 Å². The lowest BCUT2D eigenvalue weighted by Crippen LogP contribution is -2.31. The van der Waals surface area contributed by atoms with E-state index in [0.29, 0.717) is 12.1 Å². The Morgan fingerprint density at radius 3 is 2.15 bits per heavy atom. The van der Waals surface area contributed by atoms with Crippen molar-refractivity contribution in [2.75, 3.05) is 34.3 Å². The summed E-state index contributed by atoms with van der Waals surface area (Å²) in [5, 5.41) is 10.00. The summed E-state index contributed by atoms with van der Waals surface area (Å²) in [6.45, 7) is 1.42. The SMILES string of the molecule is CN(C)CCNC(=O)c1cccc(-c2ccc(-c3ccc(Br)cc3)n2-c2ccccc2)c1.CO. The van der Waals surface area contributed by atoms with E-state index in [0.717, 1.165) is 46.3 Å². The minimum atomic E-state index is -0.0559. The number of aliphatic hydroxyl groups excluding tert-OH is 1. The second kappa shape index (κ2) is 12.3. The first-order chi connectivity index (χ1) is 16.5. The third kappa shape index (κ3) is 6.23. The lowest BCUT2D eigenvalue weighted by molar-refractivity contribution is 0.0951. The normalized spacial score (nSPS) is 10.5. The number of amides is 1. The number of nitrogens with one attached hydrogen (secondary N) is 1. The summed E-state index contributed by atoms with van der Waals surface area (Å²) < 4.78 is 3.29. The lowest BCUT2D eigenvalue weighted by Gasteiger charge is -2.15. The zero-order valence-corrected chi connectivity index (χ0v) is 21.3. The standard InChI is InChI=1S/C27H26BrN3O.CH4O/c1-30(2)18-17-29-27(32)22-8-6-7-21(19-22)26-16-15-25(20-11-13-23(28)14-12-20)31(26)24-9-4-3-5-10-24;1-2/h3-16,19H,17-18H2,1-2H3,(H,29,32);2H,1H3. The van der Waals surface area contributed by atoms with Crippen molar-refractivity contribution in [1.82, 2.24) is 14.8 Å². The molecule has 0 saturated carbocycles. The van der Waals surface area contributed by atoms with Crippen LogP contribution >= 0.6 is 15.9 Å². The van der Waals surface area contributed by atoms with E-state index in [1.807, 2.05) is 55.4 Å². The van der Waals surface area contributed by atoms with Gasteiger partial charge in [0.1, 0.15) is 0 Å². The van der Waals surface area contributed by atoms with Gasteiger partial charge in [0, 0.05) is 35.9 Å². The molecular weight excluding hydrogens is 490 g/mol. The number of aliphatic hydroxyl groups is 1. The van der Waals surface area contributed by atoms with E-state index in [4.69, 9.17) is 5.11 Å². The van der Waals surface area contributed by atoms with Crippen LogP contribution in [0.15, 0.2) is 95.5 Å². The van der Waals surface area contributed by atoms with Gasteiger partial charge in [-0.05, 0) is 73.8 Å². The molecule has 0 radical (unpaired) electrons. The number of benzene rings is 3. The summed E-state index contributed by atoms with van der Waals surface area (Å²) in [4.78, 5) is 14.7. The number of para-hydroxylation sites is 1. The van der Waals surface area contributed by atoms with Crippen LogP contribution in [-0.4, -0.2) is 54.8 Å². The number of hydrogen-bond acceptors (Lipinski definition) is 3. The molecule has 0 saturated heterocycles. The molecule has 0 bridgehead atoms. The molecule has 4 aromatic rings. The van der Waals surface area contributed by atoms with E-state index in [-0.39, 0.29) is 5.91 Å². The Hall–Kier alpha value is -3.19. The maximum atomic E-state index is 12.7. The van der Waals surface area contributed by atoms with Crippen molar-refractivity contribution in [3.8, 4) is 28.2 Å². The van der Waals surface area contributed by atoms with E-state index < -0.39 is 0 Å². The number of likely N-dealkylation sites (N-methyl/N-ethyl adjacent to an activating group) is 1. The van der Waals surface area contributed by atoms with Crippen LogP contribution in [0.1, 0.15) is 10.4 Å². The number of carbonyl (C=O) groups excluding carboxylic acids is 1. The maximum Gasteiger partial charge on any atom is 0.251 e. The molecule has 176 valence electrons. The van der Waals surface area contributed by atoms with Crippen LogP contribution in [0.3, 0.4) is 0 Å². The first-order valence-electron chi connectivity index (χ1n) is 11.0. The van der Waals surface area contributed by atoms with Crippen molar-refractivity contribution in [3.63, 3.8) is 0 Å². The van der Waals surface area contributed by atoms with E-state index in [2.05, 4.69) is 80.4 Å². The first kappa shape index (κ1) is 25.4. The first-order valence-corrected chi connectivity index (χ1v) is 11.8. The lowest BCUT2D eigenvalue weighted by atomic mass is 10.1. The molecule has 0 aliphatic carbocycles. The topological polar surface area (TPSA) is 57.5 Å². The molecule has 0 fully saturated rings. The average Bonchev–Trinajstić information content (AvgIpc) is 3.31. The van der Waals surface area contributed by atoms with Crippen LogP contribution in [-0.2, 0) is 0 Å². The predicted molar refractivity (Wildman–Crippen MR) is 143 cm³/mol. The number of nitrogens with zero attached hydrogens (tertiary/aromatic N) is 2. The third-order valence-corrected chi connectivity index (χ3v) is 5.83. The fraction of sp³-hybridized carbons (Fsp3) is 0.179. The number of rotatable bonds is 7. The van der Waals surface area contributed by atoms with Crippen molar-refractivity contribution in [1.29, 1.82) is 0 Å². The molecule has 0 atom stereocenters. The van der Waals surface area contributed by atoms with Crippen LogP contribution < -0.4 is 5.32 Å². The van der Waals surface area contributed by atoms with Gasteiger partial charge in [0.15, 0.2) is 0 Å². The fourth-order valence-corrected chi connectivity index (χ4v) is 3.94. The van der Waals surface area contributed by atoms with Gasteiger partial charge >= 0.3 is 0 Å². The molecule has 1 amide bonds. The Balaban J connectivity index is 0.00000158. The van der Waals surface area contributed by atoms with E-state index in [9.17, 15) is 4.79 Å². The van der Waals surface area contributed by atoms with Gasteiger partial charge in [0.05, 0.1) is 11.4 Å². The molecule has 6 heteroatoms. The number of aromatic nitrogens is 1. The third-order valence-electron chi connectivity index (χ3n) is 5.30. The van der Waals surface area contributed by atoms with Gasteiger partial charge in [-0.3, -0.25) is 4.79 Å². The van der Waals surface area contributed by atoms with Crippen molar-refractivity contribution in [3.05, 3.63) is 101 Å². The fourth-order valence-electron chi connectivity index (χ4n) is 3.68. The Morgan fingerprint density at radius 1 is 0.853 bits per heavy atom. The van der Waals surface area contributed by atoms with Gasteiger partial charge in [-0.25, -0.2) is 0 Å². The highest BCUT2D eigenvalue weighted by molar-refractivity contribution is 9.10. The Kier molecular flexibility index (Phi) is 9.22. The van der Waals surface area contributed by atoms with Crippen LogP contribution in [0.25, 0.3) is 28.2 Å². The minimum Gasteiger partial charge on any atom is -0.400 e. The van der Waals surface area contributed by atoms with Gasteiger partial charge in [0.25, 0.3) is 5.91 Å². The molecular formula is C28H30BrN3O2. The second-order valence-corrected chi connectivity index (χ2v) is 8.84.